The summed E-state index contributed by atoms with van der Waals surface area (Å²) < 4.78 is 5.81. The SMILES string of the molecule is O=C1CCNc2cc(/C=C/C(=O)N3C[C@H]4CC(c5ccc(Oc6cncs6)cc5)=C[C@H]4C3)cnc2N1. The van der Waals surface area contributed by atoms with E-state index in [1.165, 1.54) is 22.5 Å². The number of carbonyl (C=O) groups is 2. The van der Waals surface area contributed by atoms with E-state index in [0.29, 0.717) is 30.6 Å². The summed E-state index contributed by atoms with van der Waals surface area (Å²) in [4.78, 5) is 34.8. The quantitative estimate of drug-likeness (QED) is 0.496. The van der Waals surface area contributed by atoms with E-state index in [0.717, 1.165) is 41.6 Å². The fraction of sp³-hybridized carbons (Fsp3) is 0.259. The Hall–Kier alpha value is -3.98. The minimum atomic E-state index is -0.0537. The number of likely N-dealkylation sites (tertiary alicyclic amines) is 1. The molecule has 2 aromatic heterocycles. The maximum absolute atomic E-state index is 12.9. The molecule has 1 aliphatic carbocycles. The second kappa shape index (κ2) is 9.58. The molecule has 1 saturated heterocycles. The van der Waals surface area contributed by atoms with Crippen LogP contribution < -0.4 is 15.4 Å². The Balaban J connectivity index is 1.06. The van der Waals surface area contributed by atoms with Crippen LogP contribution in [0.4, 0.5) is 11.5 Å². The first-order chi connectivity index (χ1) is 17.6. The number of hydrogen-bond donors (Lipinski definition) is 2. The highest BCUT2D eigenvalue weighted by Gasteiger charge is 2.37. The van der Waals surface area contributed by atoms with Gasteiger partial charge in [0.2, 0.25) is 16.9 Å². The molecule has 0 unspecified atom stereocenters. The summed E-state index contributed by atoms with van der Waals surface area (Å²) in [6.07, 6.45) is 10.5. The molecule has 182 valence electrons. The van der Waals surface area contributed by atoms with Crippen molar-refractivity contribution in [3.05, 3.63) is 71.5 Å². The van der Waals surface area contributed by atoms with Gasteiger partial charge in [-0.3, -0.25) is 9.59 Å². The van der Waals surface area contributed by atoms with Gasteiger partial charge in [0, 0.05) is 38.3 Å². The number of amides is 2. The zero-order valence-electron chi connectivity index (χ0n) is 19.5. The van der Waals surface area contributed by atoms with E-state index >= 15 is 0 Å². The highest BCUT2D eigenvalue weighted by molar-refractivity contribution is 7.11. The van der Waals surface area contributed by atoms with Crippen LogP contribution in [0.15, 0.2) is 60.4 Å². The highest BCUT2D eigenvalue weighted by atomic mass is 32.1. The van der Waals surface area contributed by atoms with Crippen molar-refractivity contribution in [1.82, 2.24) is 14.9 Å². The average Bonchev–Trinajstić information content (AvgIpc) is 3.59. The van der Waals surface area contributed by atoms with E-state index in [2.05, 4.69) is 38.8 Å². The summed E-state index contributed by atoms with van der Waals surface area (Å²) in [6.45, 7) is 2.06. The lowest BCUT2D eigenvalue weighted by molar-refractivity contribution is -0.125. The first-order valence-corrected chi connectivity index (χ1v) is 12.9. The zero-order valence-corrected chi connectivity index (χ0v) is 20.3. The van der Waals surface area contributed by atoms with Gasteiger partial charge in [0.15, 0.2) is 5.82 Å². The maximum Gasteiger partial charge on any atom is 0.246 e. The number of allylic oxidation sites excluding steroid dienone is 1. The Morgan fingerprint density at radius 2 is 2.08 bits per heavy atom. The van der Waals surface area contributed by atoms with Gasteiger partial charge in [-0.25, -0.2) is 9.97 Å². The topological polar surface area (TPSA) is 96.5 Å². The van der Waals surface area contributed by atoms with E-state index in [-0.39, 0.29) is 11.8 Å². The number of thiazole rings is 1. The molecular formula is C27H25N5O3S. The number of hydrogen-bond acceptors (Lipinski definition) is 7. The number of nitrogens with zero attached hydrogens (tertiary/aromatic N) is 3. The molecule has 3 aliphatic rings. The number of carbonyl (C=O) groups excluding carboxylic acids is 2. The fourth-order valence-corrected chi connectivity index (χ4v) is 5.49. The van der Waals surface area contributed by atoms with E-state index < -0.39 is 0 Å². The summed E-state index contributed by atoms with van der Waals surface area (Å²) in [6, 6.07) is 10.1. The number of anilines is 2. The number of fused-ring (bicyclic) bond motifs is 2. The van der Waals surface area contributed by atoms with Gasteiger partial charge in [-0.15, -0.1) is 0 Å². The Kier molecular flexibility index (Phi) is 5.98. The first kappa shape index (κ1) is 22.5. The predicted octanol–water partition coefficient (Wildman–Crippen LogP) is 4.66. The third kappa shape index (κ3) is 4.74. The lowest BCUT2D eigenvalue weighted by Crippen LogP contribution is -2.27. The normalized spacial score (nSPS) is 20.8. The van der Waals surface area contributed by atoms with Gasteiger partial charge in [0.1, 0.15) is 5.75 Å². The number of pyridine rings is 1. The van der Waals surface area contributed by atoms with Gasteiger partial charge in [-0.05, 0) is 59.2 Å². The molecule has 36 heavy (non-hydrogen) atoms. The van der Waals surface area contributed by atoms with Crippen molar-refractivity contribution < 1.29 is 14.3 Å². The van der Waals surface area contributed by atoms with Crippen LogP contribution in [-0.2, 0) is 9.59 Å². The lowest BCUT2D eigenvalue weighted by Gasteiger charge is -2.15. The molecule has 2 atom stereocenters. The van der Waals surface area contributed by atoms with E-state index in [1.807, 2.05) is 23.1 Å². The van der Waals surface area contributed by atoms with Crippen LogP contribution in [0.25, 0.3) is 11.6 Å². The van der Waals surface area contributed by atoms with Crippen LogP contribution in [-0.4, -0.2) is 46.3 Å². The van der Waals surface area contributed by atoms with Crippen LogP contribution in [0.1, 0.15) is 24.0 Å². The largest absolute Gasteiger partial charge is 0.445 e. The molecular weight excluding hydrogens is 474 g/mol. The number of ether oxygens (including phenoxy) is 1. The summed E-state index contributed by atoms with van der Waals surface area (Å²) in [7, 11) is 0. The van der Waals surface area contributed by atoms with Gasteiger partial charge >= 0.3 is 0 Å². The number of aromatic nitrogens is 2. The third-order valence-electron chi connectivity index (χ3n) is 6.81. The molecule has 0 spiro atoms. The van der Waals surface area contributed by atoms with E-state index in [4.69, 9.17) is 4.74 Å². The molecule has 2 amide bonds. The number of rotatable bonds is 5. The van der Waals surface area contributed by atoms with Crippen LogP contribution >= 0.6 is 11.3 Å². The molecule has 4 heterocycles. The number of benzene rings is 1. The van der Waals surface area contributed by atoms with Gasteiger partial charge < -0.3 is 20.3 Å². The van der Waals surface area contributed by atoms with Gasteiger partial charge in [-0.2, -0.15) is 0 Å². The Bertz CT molecular complexity index is 1350. The van der Waals surface area contributed by atoms with Crippen LogP contribution in [0.3, 0.4) is 0 Å². The molecule has 0 radical (unpaired) electrons. The van der Waals surface area contributed by atoms with Gasteiger partial charge in [-0.1, -0.05) is 29.5 Å². The second-order valence-electron chi connectivity index (χ2n) is 9.23. The third-order valence-corrected chi connectivity index (χ3v) is 7.45. The summed E-state index contributed by atoms with van der Waals surface area (Å²) in [5.41, 5.74) is 5.88. The van der Waals surface area contributed by atoms with Crippen LogP contribution in [0, 0.1) is 11.8 Å². The fourth-order valence-electron chi connectivity index (χ4n) is 5.00. The predicted molar refractivity (Wildman–Crippen MR) is 140 cm³/mol. The lowest BCUT2D eigenvalue weighted by atomic mass is 9.98. The van der Waals surface area contributed by atoms with Crippen molar-refractivity contribution in [3.63, 3.8) is 0 Å². The summed E-state index contributed by atoms with van der Waals surface area (Å²) in [5.74, 6) is 2.12. The average molecular weight is 500 g/mol. The smallest absolute Gasteiger partial charge is 0.246 e. The van der Waals surface area contributed by atoms with Crippen molar-refractivity contribution in [2.24, 2.45) is 11.8 Å². The highest BCUT2D eigenvalue weighted by Crippen LogP contribution is 2.41. The van der Waals surface area contributed by atoms with Crippen molar-refractivity contribution in [1.29, 1.82) is 0 Å². The minimum absolute atomic E-state index is 0.0140. The molecule has 2 aliphatic heterocycles. The minimum Gasteiger partial charge on any atom is -0.445 e. The maximum atomic E-state index is 12.9. The molecule has 3 aromatic rings. The molecule has 8 nitrogen and oxygen atoms in total. The van der Waals surface area contributed by atoms with Crippen molar-refractivity contribution in [2.75, 3.05) is 30.3 Å². The standard InChI is InChI=1S/C27H25N5O3S/c33-24-7-8-29-23-9-17(12-30-27(23)31-24)1-6-25(34)32-14-20-10-19(11-21(20)15-32)18-2-4-22(5-3-18)35-26-13-28-16-36-26/h1-6,9-10,12-13,16,20-21,29H,7-8,11,14-15H2,(H,30,31,33)/b6-1+/t20-,21+/m0/s1. The molecule has 9 heteroatoms. The number of nitrogens with one attached hydrogen (secondary N) is 2. The van der Waals surface area contributed by atoms with E-state index in [1.54, 1.807) is 30.1 Å². The van der Waals surface area contributed by atoms with Crippen molar-refractivity contribution in [3.8, 4) is 10.8 Å². The summed E-state index contributed by atoms with van der Waals surface area (Å²) in [5, 5.41) is 6.77. The zero-order chi connectivity index (χ0) is 24.5. The molecule has 2 N–H and O–H groups in total. The first-order valence-electron chi connectivity index (χ1n) is 12.0. The van der Waals surface area contributed by atoms with Gasteiger partial charge in [0.25, 0.3) is 0 Å². The van der Waals surface area contributed by atoms with Crippen LogP contribution in [0.5, 0.6) is 10.8 Å². The monoisotopic (exact) mass is 499 g/mol. The van der Waals surface area contributed by atoms with Gasteiger partial charge in [0.05, 0.1) is 17.4 Å². The van der Waals surface area contributed by atoms with E-state index in [9.17, 15) is 9.59 Å². The molecule has 0 bridgehead atoms. The Morgan fingerprint density at radius 1 is 1.19 bits per heavy atom. The molecule has 0 saturated carbocycles. The van der Waals surface area contributed by atoms with Crippen molar-refractivity contribution in [2.45, 2.75) is 12.8 Å². The summed E-state index contributed by atoms with van der Waals surface area (Å²) >= 11 is 1.47. The Labute approximate surface area is 212 Å². The molecule has 6 rings (SSSR count). The van der Waals surface area contributed by atoms with Crippen molar-refractivity contribution >= 4 is 46.3 Å². The Morgan fingerprint density at radius 3 is 2.89 bits per heavy atom. The molecule has 1 aromatic carbocycles. The second-order valence-corrected chi connectivity index (χ2v) is 10.1. The molecule has 1 fully saturated rings. The van der Waals surface area contributed by atoms with Crippen LogP contribution in [0.2, 0.25) is 0 Å².